The van der Waals surface area contributed by atoms with E-state index in [9.17, 15) is 5.11 Å². The van der Waals surface area contributed by atoms with Gasteiger partial charge in [0.25, 0.3) is 0 Å². The fourth-order valence-electron chi connectivity index (χ4n) is 4.44. The summed E-state index contributed by atoms with van der Waals surface area (Å²) in [6, 6.07) is 2.33. The number of aliphatic hydroxyl groups is 1. The fraction of sp³-hybridized carbons (Fsp3) is 0.636. The van der Waals surface area contributed by atoms with Crippen molar-refractivity contribution in [3.05, 3.63) is 41.6 Å². The highest BCUT2D eigenvalue weighted by atomic mass is 16.5. The first-order valence-corrected chi connectivity index (χ1v) is 10.7. The van der Waals surface area contributed by atoms with E-state index in [1.54, 1.807) is 6.33 Å². The van der Waals surface area contributed by atoms with Crippen molar-refractivity contribution in [3.8, 4) is 0 Å². The average molecular weight is 400 g/mol. The molecule has 0 saturated carbocycles. The van der Waals surface area contributed by atoms with Gasteiger partial charge in [-0.2, -0.15) is 0 Å². The average Bonchev–Trinajstić information content (AvgIpc) is 3.10. The molecule has 0 amide bonds. The molecule has 1 aliphatic carbocycles. The number of rotatable bonds is 5. The van der Waals surface area contributed by atoms with Crippen LogP contribution in [-0.2, 0) is 4.74 Å². The predicted octanol–water partition coefficient (Wildman–Crippen LogP) is 2.62. The van der Waals surface area contributed by atoms with E-state index in [2.05, 4.69) is 43.9 Å². The summed E-state index contributed by atoms with van der Waals surface area (Å²) in [5, 5.41) is 10.4. The number of fused-ring (bicyclic) bond motifs is 1. The number of nitrogens with zero attached hydrogens (tertiary/aromatic N) is 3. The van der Waals surface area contributed by atoms with Gasteiger partial charge in [-0.25, -0.2) is 20.8 Å². The van der Waals surface area contributed by atoms with Gasteiger partial charge in [0.1, 0.15) is 17.9 Å². The number of allylic oxidation sites excluding steroid dienone is 1. The second kappa shape index (κ2) is 8.05. The Labute approximate surface area is 173 Å². The highest BCUT2D eigenvalue weighted by Gasteiger charge is 2.35. The van der Waals surface area contributed by atoms with Crippen LogP contribution in [0.1, 0.15) is 58.7 Å². The lowest BCUT2D eigenvalue weighted by atomic mass is 9.84. The van der Waals surface area contributed by atoms with Gasteiger partial charge < -0.3 is 14.7 Å². The van der Waals surface area contributed by atoms with Crippen LogP contribution in [0.15, 0.2) is 35.9 Å². The number of hydrogen-bond acceptors (Lipinski definition) is 7. The van der Waals surface area contributed by atoms with Crippen LogP contribution in [0, 0.1) is 5.92 Å². The largest absolute Gasteiger partial charge is 0.491 e. The minimum Gasteiger partial charge on any atom is -0.491 e. The smallest absolute Gasteiger partial charge is 0.132 e. The minimum absolute atomic E-state index is 0.00363. The Morgan fingerprint density at radius 2 is 2.10 bits per heavy atom. The number of nitrogens with one attached hydrogen (secondary N) is 2. The number of piperidine rings is 1. The molecule has 7 nitrogen and oxygen atoms in total. The van der Waals surface area contributed by atoms with Crippen LogP contribution >= 0.6 is 0 Å². The normalized spacial score (nSPS) is 27.5. The second-order valence-corrected chi connectivity index (χ2v) is 9.17. The molecule has 2 aliphatic heterocycles. The number of anilines is 1. The molecular formula is C22H33N5O2. The molecule has 3 N–H and O–H groups in total. The molecule has 1 aromatic heterocycles. The van der Waals surface area contributed by atoms with Crippen molar-refractivity contribution in [1.29, 1.82) is 0 Å². The maximum Gasteiger partial charge on any atom is 0.132 e. The topological polar surface area (TPSA) is 82.5 Å². The Kier molecular flexibility index (Phi) is 5.64. The number of ether oxygens (including phenoxy) is 1. The SMILES string of the molecule is CC(C)OC1=CC[C@H]2NN[C@@H](c3cc(N4CCCC(C(C)(C)O)C4)ncn3)C2=C1. The lowest BCUT2D eigenvalue weighted by Crippen LogP contribution is -2.45. The van der Waals surface area contributed by atoms with Crippen molar-refractivity contribution in [1.82, 2.24) is 20.8 Å². The molecule has 0 spiro atoms. The number of hydrogen-bond donors (Lipinski definition) is 3. The summed E-state index contributed by atoms with van der Waals surface area (Å²) in [5.74, 6) is 2.10. The van der Waals surface area contributed by atoms with E-state index in [0.29, 0.717) is 0 Å². The molecule has 1 aromatic rings. The van der Waals surface area contributed by atoms with E-state index in [-0.39, 0.29) is 24.1 Å². The third-order valence-corrected chi connectivity index (χ3v) is 6.09. The Bertz CT molecular complexity index is 799. The van der Waals surface area contributed by atoms with Crippen molar-refractivity contribution in [2.45, 2.75) is 70.7 Å². The standard InChI is InChI=1S/C22H33N5O2/c1-14(2)29-16-7-8-18-17(10-16)21(26-25-18)19-11-20(24-13-23-19)27-9-5-6-15(12-27)22(3,4)28/h7,10-11,13-15,18,21,25-26,28H,5-6,8-9,12H2,1-4H3/t15?,18-,21-/m1/s1. The summed E-state index contributed by atoms with van der Waals surface area (Å²) in [7, 11) is 0. The molecule has 0 aromatic carbocycles. The zero-order valence-electron chi connectivity index (χ0n) is 17.9. The van der Waals surface area contributed by atoms with Crippen molar-refractivity contribution >= 4 is 5.82 Å². The molecule has 2 saturated heterocycles. The second-order valence-electron chi connectivity index (χ2n) is 9.17. The summed E-state index contributed by atoms with van der Waals surface area (Å²) in [4.78, 5) is 11.4. The van der Waals surface area contributed by atoms with Crippen molar-refractivity contribution in [2.24, 2.45) is 5.92 Å². The summed E-state index contributed by atoms with van der Waals surface area (Å²) in [6.07, 6.45) is 9.09. The lowest BCUT2D eigenvalue weighted by Gasteiger charge is -2.39. The van der Waals surface area contributed by atoms with Crippen LogP contribution in [0.3, 0.4) is 0 Å². The van der Waals surface area contributed by atoms with Crippen LogP contribution in [0.25, 0.3) is 0 Å². The molecule has 3 heterocycles. The molecule has 3 atom stereocenters. The van der Waals surface area contributed by atoms with E-state index in [4.69, 9.17) is 4.74 Å². The van der Waals surface area contributed by atoms with Gasteiger partial charge in [0, 0.05) is 31.1 Å². The third-order valence-electron chi connectivity index (χ3n) is 6.09. The van der Waals surface area contributed by atoms with Crippen LogP contribution < -0.4 is 15.8 Å². The molecular weight excluding hydrogens is 366 g/mol. The van der Waals surface area contributed by atoms with E-state index < -0.39 is 5.60 Å². The van der Waals surface area contributed by atoms with Gasteiger partial charge in [0.15, 0.2) is 0 Å². The maximum atomic E-state index is 10.4. The molecule has 2 fully saturated rings. The molecule has 1 unspecified atom stereocenters. The molecule has 0 bridgehead atoms. The monoisotopic (exact) mass is 399 g/mol. The van der Waals surface area contributed by atoms with Crippen molar-refractivity contribution in [2.75, 3.05) is 18.0 Å². The van der Waals surface area contributed by atoms with Gasteiger partial charge in [0.05, 0.1) is 23.4 Å². The summed E-state index contributed by atoms with van der Waals surface area (Å²) in [6.45, 7) is 9.67. The zero-order valence-corrected chi connectivity index (χ0v) is 17.9. The lowest BCUT2D eigenvalue weighted by molar-refractivity contribution is 0.0109. The first-order valence-electron chi connectivity index (χ1n) is 10.7. The van der Waals surface area contributed by atoms with E-state index >= 15 is 0 Å². The maximum absolute atomic E-state index is 10.4. The van der Waals surface area contributed by atoms with Gasteiger partial charge in [0.2, 0.25) is 0 Å². The number of aromatic nitrogens is 2. The van der Waals surface area contributed by atoms with E-state index in [1.165, 1.54) is 5.57 Å². The van der Waals surface area contributed by atoms with Crippen molar-refractivity contribution in [3.63, 3.8) is 0 Å². The van der Waals surface area contributed by atoms with Crippen LogP contribution in [-0.4, -0.2) is 45.9 Å². The first kappa shape index (κ1) is 20.3. The van der Waals surface area contributed by atoms with Crippen molar-refractivity contribution < 1.29 is 9.84 Å². The zero-order chi connectivity index (χ0) is 20.6. The predicted molar refractivity (Wildman–Crippen MR) is 113 cm³/mol. The molecule has 0 radical (unpaired) electrons. The fourth-order valence-corrected chi connectivity index (χ4v) is 4.44. The van der Waals surface area contributed by atoms with Crippen LogP contribution in [0.4, 0.5) is 5.82 Å². The third kappa shape index (κ3) is 4.47. The molecule has 4 rings (SSSR count). The summed E-state index contributed by atoms with van der Waals surface area (Å²) in [5.41, 5.74) is 8.30. The Hall–Kier alpha value is -1.96. The highest BCUT2D eigenvalue weighted by molar-refractivity contribution is 5.44. The first-order chi connectivity index (χ1) is 13.8. The summed E-state index contributed by atoms with van der Waals surface area (Å²) < 4.78 is 5.91. The van der Waals surface area contributed by atoms with Crippen LogP contribution in [0.5, 0.6) is 0 Å². The molecule has 29 heavy (non-hydrogen) atoms. The van der Waals surface area contributed by atoms with Gasteiger partial charge in [-0.1, -0.05) is 0 Å². The summed E-state index contributed by atoms with van der Waals surface area (Å²) >= 11 is 0. The van der Waals surface area contributed by atoms with Gasteiger partial charge in [-0.15, -0.1) is 0 Å². The van der Waals surface area contributed by atoms with Crippen LogP contribution in [0.2, 0.25) is 0 Å². The highest BCUT2D eigenvalue weighted by Crippen LogP contribution is 2.35. The molecule has 7 heteroatoms. The van der Waals surface area contributed by atoms with Gasteiger partial charge >= 0.3 is 0 Å². The van der Waals surface area contributed by atoms with Gasteiger partial charge in [-0.05, 0) is 64.7 Å². The molecule has 3 aliphatic rings. The van der Waals surface area contributed by atoms with E-state index in [1.807, 2.05) is 27.7 Å². The Balaban J connectivity index is 1.54. The van der Waals surface area contributed by atoms with E-state index in [0.717, 1.165) is 49.6 Å². The quantitative estimate of drug-likeness (QED) is 0.702. The minimum atomic E-state index is -0.676. The van der Waals surface area contributed by atoms with Gasteiger partial charge in [-0.3, -0.25) is 0 Å². The Morgan fingerprint density at radius 1 is 1.28 bits per heavy atom. The number of hydrazine groups is 1. The Morgan fingerprint density at radius 3 is 2.86 bits per heavy atom. The molecule has 158 valence electrons.